The Morgan fingerprint density at radius 1 is 1.25 bits per heavy atom. The van der Waals surface area contributed by atoms with Crippen LogP contribution in [-0.4, -0.2) is 15.9 Å². The molecule has 4 rings (SSSR count). The molecule has 0 spiro atoms. The van der Waals surface area contributed by atoms with Crippen LogP contribution in [0.1, 0.15) is 34.0 Å². The number of nitrogens with zero attached hydrogens (tertiary/aromatic N) is 2. The summed E-state index contributed by atoms with van der Waals surface area (Å²) in [5.41, 5.74) is 1.86. The maximum Gasteiger partial charge on any atom is 0.266 e. The lowest BCUT2D eigenvalue weighted by atomic mass is 10.1. The summed E-state index contributed by atoms with van der Waals surface area (Å²) in [6, 6.07) is 9.32. The SMILES string of the molecule is O=C(Nc1cccc(Oc2cnccn2)c1)c1sccc1C1CC1. The maximum atomic E-state index is 12.5. The van der Waals surface area contributed by atoms with Gasteiger partial charge in [0, 0.05) is 24.1 Å². The minimum atomic E-state index is -0.0662. The standard InChI is InChI=1S/C18H15N3O2S/c22-18(17-15(6-9-24-17)12-4-5-12)21-13-2-1-3-14(10-13)23-16-11-19-7-8-20-16/h1-3,6-12H,4-5H2,(H,21,22). The van der Waals surface area contributed by atoms with Gasteiger partial charge in [0.05, 0.1) is 11.1 Å². The molecule has 0 radical (unpaired) electrons. The van der Waals surface area contributed by atoms with E-state index < -0.39 is 0 Å². The quantitative estimate of drug-likeness (QED) is 0.746. The topological polar surface area (TPSA) is 64.1 Å². The first kappa shape index (κ1) is 14.8. The van der Waals surface area contributed by atoms with E-state index in [9.17, 15) is 4.79 Å². The molecule has 0 aliphatic heterocycles. The Kier molecular flexibility index (Phi) is 3.96. The van der Waals surface area contributed by atoms with Crippen molar-refractivity contribution in [2.45, 2.75) is 18.8 Å². The van der Waals surface area contributed by atoms with Crippen molar-refractivity contribution < 1.29 is 9.53 Å². The van der Waals surface area contributed by atoms with Crippen molar-refractivity contribution in [3.8, 4) is 11.6 Å². The van der Waals surface area contributed by atoms with Gasteiger partial charge in [0.2, 0.25) is 5.88 Å². The third kappa shape index (κ3) is 3.28. The fourth-order valence-corrected chi connectivity index (χ4v) is 3.38. The number of ether oxygens (including phenoxy) is 1. The van der Waals surface area contributed by atoms with Crippen molar-refractivity contribution in [2.75, 3.05) is 5.32 Å². The smallest absolute Gasteiger partial charge is 0.266 e. The van der Waals surface area contributed by atoms with Gasteiger partial charge in [0.1, 0.15) is 5.75 Å². The van der Waals surface area contributed by atoms with Gasteiger partial charge in [-0.15, -0.1) is 11.3 Å². The highest BCUT2D eigenvalue weighted by Crippen LogP contribution is 2.43. The molecule has 1 N–H and O–H groups in total. The molecule has 120 valence electrons. The fraction of sp³-hybridized carbons (Fsp3) is 0.167. The average molecular weight is 337 g/mol. The Morgan fingerprint density at radius 2 is 2.17 bits per heavy atom. The minimum absolute atomic E-state index is 0.0662. The van der Waals surface area contributed by atoms with Crippen molar-refractivity contribution in [1.82, 2.24) is 9.97 Å². The summed E-state index contributed by atoms with van der Waals surface area (Å²) >= 11 is 1.49. The largest absolute Gasteiger partial charge is 0.437 e. The average Bonchev–Trinajstić information content (AvgIpc) is 3.32. The third-order valence-corrected chi connectivity index (χ3v) is 4.70. The molecule has 1 aliphatic carbocycles. The van der Waals surface area contributed by atoms with Crippen molar-refractivity contribution in [1.29, 1.82) is 0 Å². The van der Waals surface area contributed by atoms with E-state index in [1.165, 1.54) is 29.7 Å². The summed E-state index contributed by atoms with van der Waals surface area (Å²) in [6.45, 7) is 0. The first-order valence-electron chi connectivity index (χ1n) is 7.72. The minimum Gasteiger partial charge on any atom is -0.437 e. The van der Waals surface area contributed by atoms with Gasteiger partial charge >= 0.3 is 0 Å². The number of anilines is 1. The zero-order chi connectivity index (χ0) is 16.4. The van der Waals surface area contributed by atoms with Crippen LogP contribution < -0.4 is 10.1 Å². The second-order valence-electron chi connectivity index (χ2n) is 5.61. The number of benzene rings is 1. The van der Waals surface area contributed by atoms with Crippen LogP contribution in [0.3, 0.4) is 0 Å². The number of thiophene rings is 1. The molecule has 0 bridgehead atoms. The number of nitrogens with one attached hydrogen (secondary N) is 1. The van der Waals surface area contributed by atoms with E-state index in [2.05, 4.69) is 21.4 Å². The van der Waals surface area contributed by atoms with E-state index in [1.807, 2.05) is 23.6 Å². The molecule has 0 unspecified atom stereocenters. The lowest BCUT2D eigenvalue weighted by molar-refractivity contribution is 0.102. The Bertz CT molecular complexity index is 859. The van der Waals surface area contributed by atoms with Crippen LogP contribution >= 0.6 is 11.3 Å². The Morgan fingerprint density at radius 3 is 2.96 bits per heavy atom. The predicted molar refractivity (Wildman–Crippen MR) is 92.8 cm³/mol. The van der Waals surface area contributed by atoms with Crippen molar-refractivity contribution in [2.24, 2.45) is 0 Å². The molecule has 24 heavy (non-hydrogen) atoms. The van der Waals surface area contributed by atoms with Gasteiger partial charge in [-0.25, -0.2) is 4.98 Å². The predicted octanol–water partition coefficient (Wildman–Crippen LogP) is 4.46. The maximum absolute atomic E-state index is 12.5. The van der Waals surface area contributed by atoms with E-state index >= 15 is 0 Å². The molecule has 6 heteroatoms. The van der Waals surface area contributed by atoms with Crippen LogP contribution in [0.25, 0.3) is 0 Å². The van der Waals surface area contributed by atoms with E-state index in [0.717, 1.165) is 4.88 Å². The highest BCUT2D eigenvalue weighted by atomic mass is 32.1. The molecule has 3 aromatic rings. The van der Waals surface area contributed by atoms with Crippen LogP contribution in [0.15, 0.2) is 54.3 Å². The van der Waals surface area contributed by atoms with Gasteiger partial charge in [0.25, 0.3) is 5.91 Å². The van der Waals surface area contributed by atoms with E-state index in [4.69, 9.17) is 4.74 Å². The molecule has 2 aromatic heterocycles. The summed E-state index contributed by atoms with van der Waals surface area (Å²) in [5, 5.41) is 4.93. The molecular formula is C18H15N3O2S. The lowest BCUT2D eigenvalue weighted by Gasteiger charge is -2.08. The highest BCUT2D eigenvalue weighted by Gasteiger charge is 2.28. The number of amides is 1. The summed E-state index contributed by atoms with van der Waals surface area (Å²) in [7, 11) is 0. The fourth-order valence-electron chi connectivity index (χ4n) is 2.50. The monoisotopic (exact) mass is 337 g/mol. The van der Waals surface area contributed by atoms with E-state index in [1.54, 1.807) is 24.7 Å². The Balaban J connectivity index is 1.49. The summed E-state index contributed by atoms with van der Waals surface area (Å²) in [4.78, 5) is 21.4. The number of hydrogen-bond acceptors (Lipinski definition) is 5. The van der Waals surface area contributed by atoms with Crippen LogP contribution in [-0.2, 0) is 0 Å². The van der Waals surface area contributed by atoms with Crippen LogP contribution in [0, 0.1) is 0 Å². The van der Waals surface area contributed by atoms with Gasteiger partial charge in [-0.3, -0.25) is 9.78 Å². The first-order chi connectivity index (χ1) is 11.8. The van der Waals surface area contributed by atoms with Crippen LogP contribution in [0.4, 0.5) is 5.69 Å². The molecule has 1 amide bonds. The van der Waals surface area contributed by atoms with Gasteiger partial charge in [-0.05, 0) is 47.9 Å². The number of carbonyl (C=O) groups is 1. The Hall–Kier alpha value is -2.73. The summed E-state index contributed by atoms with van der Waals surface area (Å²) < 4.78 is 5.64. The van der Waals surface area contributed by atoms with Gasteiger partial charge < -0.3 is 10.1 Å². The second-order valence-corrected chi connectivity index (χ2v) is 6.52. The second kappa shape index (κ2) is 6.41. The molecule has 1 aliphatic rings. The first-order valence-corrected chi connectivity index (χ1v) is 8.60. The molecule has 0 atom stereocenters. The highest BCUT2D eigenvalue weighted by molar-refractivity contribution is 7.12. The van der Waals surface area contributed by atoms with Crippen molar-refractivity contribution in [3.05, 3.63) is 64.7 Å². The van der Waals surface area contributed by atoms with Crippen molar-refractivity contribution >= 4 is 22.9 Å². The number of hydrogen-bond donors (Lipinski definition) is 1. The third-order valence-electron chi connectivity index (χ3n) is 3.77. The van der Waals surface area contributed by atoms with Gasteiger partial charge in [-0.2, -0.15) is 0 Å². The number of carbonyl (C=O) groups excluding carboxylic acids is 1. The van der Waals surface area contributed by atoms with Crippen LogP contribution in [0.2, 0.25) is 0 Å². The lowest BCUT2D eigenvalue weighted by Crippen LogP contribution is -2.11. The molecule has 0 saturated heterocycles. The number of rotatable bonds is 5. The molecule has 2 heterocycles. The van der Waals surface area contributed by atoms with Gasteiger partial charge in [-0.1, -0.05) is 6.07 Å². The van der Waals surface area contributed by atoms with E-state index in [-0.39, 0.29) is 5.91 Å². The molecule has 5 nitrogen and oxygen atoms in total. The Labute approximate surface area is 143 Å². The van der Waals surface area contributed by atoms with E-state index in [0.29, 0.717) is 23.2 Å². The summed E-state index contributed by atoms with van der Waals surface area (Å²) in [5.74, 6) is 1.50. The van der Waals surface area contributed by atoms with Gasteiger partial charge in [0.15, 0.2) is 0 Å². The molecule has 1 fully saturated rings. The zero-order valence-corrected chi connectivity index (χ0v) is 13.6. The molecular weight excluding hydrogens is 322 g/mol. The summed E-state index contributed by atoms with van der Waals surface area (Å²) in [6.07, 6.45) is 7.05. The molecule has 1 saturated carbocycles. The normalized spacial score (nSPS) is 13.5. The zero-order valence-electron chi connectivity index (χ0n) is 12.8. The van der Waals surface area contributed by atoms with Crippen LogP contribution in [0.5, 0.6) is 11.6 Å². The molecule has 1 aromatic carbocycles. The number of aromatic nitrogens is 2. The van der Waals surface area contributed by atoms with Crippen molar-refractivity contribution in [3.63, 3.8) is 0 Å².